The Morgan fingerprint density at radius 1 is 1.14 bits per heavy atom. The summed E-state index contributed by atoms with van der Waals surface area (Å²) < 4.78 is 5.54. The molecule has 0 saturated carbocycles. The van der Waals surface area contributed by atoms with Crippen LogP contribution in [0.15, 0.2) is 24.4 Å². The molecule has 0 bridgehead atoms. The van der Waals surface area contributed by atoms with E-state index in [2.05, 4.69) is 26.3 Å². The Balaban J connectivity index is 1.33. The van der Waals surface area contributed by atoms with Crippen molar-refractivity contribution in [3.05, 3.63) is 41.5 Å². The number of likely N-dealkylation sites (tertiary alicyclic amines) is 1. The number of carbonyl (C=O) groups excluding carboxylic acids is 1. The number of ether oxygens (including phenoxy) is 1. The maximum Gasteiger partial charge on any atom is 0.251 e. The fourth-order valence-electron chi connectivity index (χ4n) is 4.00. The summed E-state index contributed by atoms with van der Waals surface area (Å²) in [5.74, 6) is 1.14. The Morgan fingerprint density at radius 2 is 1.89 bits per heavy atom. The van der Waals surface area contributed by atoms with Gasteiger partial charge in [-0.15, -0.1) is 0 Å². The van der Waals surface area contributed by atoms with Crippen molar-refractivity contribution < 1.29 is 9.53 Å². The van der Waals surface area contributed by atoms with Crippen molar-refractivity contribution in [3.8, 4) is 0 Å². The molecule has 2 fully saturated rings. The van der Waals surface area contributed by atoms with Gasteiger partial charge in [0.25, 0.3) is 5.91 Å². The first-order valence-electron chi connectivity index (χ1n) is 10.0. The zero-order valence-corrected chi connectivity index (χ0v) is 16.5. The van der Waals surface area contributed by atoms with Crippen LogP contribution >= 0.6 is 0 Å². The molecule has 4 heterocycles. The van der Waals surface area contributed by atoms with Crippen molar-refractivity contribution in [1.82, 2.24) is 19.9 Å². The minimum atomic E-state index is -0.215. The monoisotopic (exact) mass is 381 g/mol. The minimum absolute atomic E-state index is 0.164. The summed E-state index contributed by atoms with van der Waals surface area (Å²) in [7, 11) is 0. The van der Waals surface area contributed by atoms with Crippen molar-refractivity contribution >= 4 is 17.5 Å². The zero-order valence-electron chi connectivity index (χ0n) is 16.5. The van der Waals surface area contributed by atoms with Crippen molar-refractivity contribution in [1.29, 1.82) is 0 Å². The van der Waals surface area contributed by atoms with Crippen LogP contribution in [-0.4, -0.2) is 51.6 Å². The first-order valence-corrected chi connectivity index (χ1v) is 10.0. The first kappa shape index (κ1) is 18.8. The Labute approximate surface area is 165 Å². The number of aromatic nitrogens is 3. The fraction of sp³-hybridized carbons (Fsp3) is 0.524. The van der Waals surface area contributed by atoms with E-state index in [0.29, 0.717) is 18.5 Å². The molecule has 2 saturated heterocycles. The molecular formula is C21H27N5O2. The number of rotatable bonds is 4. The second-order valence-corrected chi connectivity index (χ2v) is 7.67. The Hall–Kier alpha value is -2.54. The third-order valence-electron chi connectivity index (χ3n) is 5.45. The fourth-order valence-corrected chi connectivity index (χ4v) is 4.00. The normalized spacial score (nSPS) is 20.4. The summed E-state index contributed by atoms with van der Waals surface area (Å²) in [6.45, 7) is 6.18. The van der Waals surface area contributed by atoms with E-state index in [9.17, 15) is 4.79 Å². The van der Waals surface area contributed by atoms with Gasteiger partial charge < -0.3 is 15.0 Å². The number of amides is 1. The van der Waals surface area contributed by atoms with Crippen LogP contribution in [0.3, 0.4) is 0 Å². The summed E-state index contributed by atoms with van der Waals surface area (Å²) in [5, 5.41) is 3.22. The van der Waals surface area contributed by atoms with E-state index >= 15 is 0 Å². The number of piperidine rings is 1. The summed E-state index contributed by atoms with van der Waals surface area (Å²) in [5.41, 5.74) is 3.82. The lowest BCUT2D eigenvalue weighted by Gasteiger charge is -2.33. The van der Waals surface area contributed by atoms with Crippen LogP contribution in [-0.2, 0) is 9.53 Å². The van der Waals surface area contributed by atoms with E-state index in [1.54, 1.807) is 0 Å². The van der Waals surface area contributed by atoms with E-state index in [-0.39, 0.29) is 12.0 Å². The van der Waals surface area contributed by atoms with E-state index in [4.69, 9.17) is 4.74 Å². The molecule has 0 radical (unpaired) electrons. The van der Waals surface area contributed by atoms with Crippen LogP contribution < -0.4 is 5.32 Å². The highest BCUT2D eigenvalue weighted by atomic mass is 16.5. The zero-order chi connectivity index (χ0) is 19.5. The average Bonchev–Trinajstić information content (AvgIpc) is 3.22. The van der Waals surface area contributed by atoms with Gasteiger partial charge in [-0.1, -0.05) is 0 Å². The lowest BCUT2D eigenvalue weighted by molar-refractivity contribution is -0.142. The number of hydrogen-bond donors (Lipinski definition) is 1. The van der Waals surface area contributed by atoms with Gasteiger partial charge in [0.05, 0.1) is 11.9 Å². The van der Waals surface area contributed by atoms with Crippen molar-refractivity contribution in [2.45, 2.75) is 51.6 Å². The number of nitrogens with one attached hydrogen (secondary N) is 1. The Morgan fingerprint density at radius 3 is 2.50 bits per heavy atom. The molecule has 2 aromatic heterocycles. The summed E-state index contributed by atoms with van der Waals surface area (Å²) in [6, 6.07) is 6.03. The molecule has 28 heavy (non-hydrogen) atoms. The van der Waals surface area contributed by atoms with Crippen LogP contribution in [0.5, 0.6) is 0 Å². The van der Waals surface area contributed by atoms with Crippen LogP contribution in [0.1, 0.15) is 48.7 Å². The predicted molar refractivity (Wildman–Crippen MR) is 107 cm³/mol. The topological polar surface area (TPSA) is 80.2 Å². The molecule has 148 valence electrons. The SMILES string of the molecule is Cc1cc(C)nc(Nc2ccc(C3CCN(C(=O)[C@H]4CCCO4)CC3)nc2)n1. The van der Waals surface area contributed by atoms with Crippen molar-refractivity contribution in [3.63, 3.8) is 0 Å². The molecule has 0 unspecified atom stereocenters. The van der Waals surface area contributed by atoms with Gasteiger partial charge in [-0.05, 0) is 57.7 Å². The Kier molecular flexibility index (Phi) is 5.52. The second kappa shape index (κ2) is 8.22. The minimum Gasteiger partial charge on any atom is -0.368 e. The van der Waals surface area contributed by atoms with Gasteiger partial charge in [0.1, 0.15) is 6.10 Å². The molecule has 1 atom stereocenters. The average molecular weight is 381 g/mol. The molecule has 0 spiro atoms. The molecule has 2 aromatic rings. The van der Waals surface area contributed by atoms with Gasteiger partial charge in [0, 0.05) is 42.7 Å². The highest BCUT2D eigenvalue weighted by Gasteiger charge is 2.31. The third-order valence-corrected chi connectivity index (χ3v) is 5.45. The number of carbonyl (C=O) groups is 1. The number of pyridine rings is 1. The molecule has 1 N–H and O–H groups in total. The Bertz CT molecular complexity index is 805. The van der Waals surface area contributed by atoms with Gasteiger partial charge in [0.15, 0.2) is 0 Å². The number of anilines is 2. The van der Waals surface area contributed by atoms with Crippen LogP contribution in [0, 0.1) is 13.8 Å². The van der Waals surface area contributed by atoms with Gasteiger partial charge in [-0.25, -0.2) is 9.97 Å². The molecule has 4 rings (SSSR count). The van der Waals surface area contributed by atoms with Crippen molar-refractivity contribution in [2.75, 3.05) is 25.0 Å². The van der Waals surface area contributed by atoms with Gasteiger partial charge >= 0.3 is 0 Å². The molecule has 2 aliphatic rings. The van der Waals surface area contributed by atoms with Gasteiger partial charge in [0.2, 0.25) is 5.95 Å². The third kappa shape index (κ3) is 4.30. The van der Waals surface area contributed by atoms with Gasteiger partial charge in [-0.2, -0.15) is 0 Å². The van der Waals surface area contributed by atoms with E-state index in [0.717, 1.165) is 61.5 Å². The second-order valence-electron chi connectivity index (χ2n) is 7.67. The molecule has 7 heteroatoms. The quantitative estimate of drug-likeness (QED) is 0.876. The molecule has 2 aliphatic heterocycles. The molecule has 0 aliphatic carbocycles. The van der Waals surface area contributed by atoms with Crippen LogP contribution in [0.25, 0.3) is 0 Å². The number of aryl methyl sites for hydroxylation is 2. The standard InChI is InChI=1S/C21H27N5O2/c1-14-12-15(2)24-21(23-14)25-17-5-6-18(22-13-17)16-7-9-26(10-8-16)20(27)19-4-3-11-28-19/h5-6,12-13,16,19H,3-4,7-11H2,1-2H3,(H,23,24,25)/t19-/m1/s1. The first-order chi connectivity index (χ1) is 13.6. The van der Waals surface area contributed by atoms with Crippen molar-refractivity contribution in [2.24, 2.45) is 0 Å². The summed E-state index contributed by atoms with van der Waals surface area (Å²) in [4.78, 5) is 27.9. The molecule has 7 nitrogen and oxygen atoms in total. The lowest BCUT2D eigenvalue weighted by atomic mass is 9.92. The van der Waals surface area contributed by atoms with E-state index in [1.165, 1.54) is 0 Å². The highest BCUT2D eigenvalue weighted by molar-refractivity contribution is 5.81. The smallest absolute Gasteiger partial charge is 0.251 e. The van der Waals surface area contributed by atoms with E-state index in [1.807, 2.05) is 37.1 Å². The van der Waals surface area contributed by atoms with E-state index < -0.39 is 0 Å². The lowest BCUT2D eigenvalue weighted by Crippen LogP contribution is -2.43. The number of hydrogen-bond acceptors (Lipinski definition) is 6. The molecule has 1 amide bonds. The van der Waals surface area contributed by atoms with Gasteiger partial charge in [-0.3, -0.25) is 9.78 Å². The predicted octanol–water partition coefficient (Wildman–Crippen LogP) is 3.12. The maximum absolute atomic E-state index is 12.5. The summed E-state index contributed by atoms with van der Waals surface area (Å²) in [6.07, 6.45) is 5.35. The van der Waals surface area contributed by atoms with Crippen LogP contribution in [0.4, 0.5) is 11.6 Å². The molecular weight excluding hydrogens is 354 g/mol. The maximum atomic E-state index is 12.5. The largest absolute Gasteiger partial charge is 0.368 e. The number of nitrogens with zero attached hydrogens (tertiary/aromatic N) is 4. The summed E-state index contributed by atoms with van der Waals surface area (Å²) >= 11 is 0. The highest BCUT2D eigenvalue weighted by Crippen LogP contribution is 2.28. The van der Waals surface area contributed by atoms with Crippen LogP contribution in [0.2, 0.25) is 0 Å². The molecule has 0 aromatic carbocycles.